The van der Waals surface area contributed by atoms with E-state index >= 15 is 0 Å². The van der Waals surface area contributed by atoms with Gasteiger partial charge in [-0.05, 0) is 99.7 Å². The Morgan fingerprint density at radius 1 is 1.19 bits per heavy atom. The van der Waals surface area contributed by atoms with Gasteiger partial charge in [0.15, 0.2) is 5.78 Å². The van der Waals surface area contributed by atoms with Gasteiger partial charge >= 0.3 is 0 Å². The third-order valence-electron chi connectivity index (χ3n) is 10.1. The molecule has 0 bridgehead atoms. The number of hydrogen-bond acceptors (Lipinski definition) is 5. The number of allylic oxidation sites excluding steroid dienone is 3. The highest BCUT2D eigenvalue weighted by molar-refractivity contribution is 5.95. The molecule has 0 saturated heterocycles. The molecule has 0 spiro atoms. The fourth-order valence-corrected chi connectivity index (χ4v) is 7.98. The van der Waals surface area contributed by atoms with Crippen LogP contribution in [0.4, 0.5) is 0 Å². The van der Waals surface area contributed by atoms with Gasteiger partial charge in [0.05, 0.1) is 23.1 Å². The zero-order valence-corrected chi connectivity index (χ0v) is 20.4. The molecule has 0 radical (unpaired) electrons. The van der Waals surface area contributed by atoms with Crippen molar-refractivity contribution in [3.63, 3.8) is 0 Å². The molecule has 0 aromatic carbocycles. The van der Waals surface area contributed by atoms with Crippen molar-refractivity contribution in [2.45, 2.75) is 103 Å². The first-order chi connectivity index (χ1) is 14.7. The predicted octanol–water partition coefficient (Wildman–Crippen LogP) is 4.46. The van der Waals surface area contributed by atoms with Gasteiger partial charge in [-0.25, -0.2) is 0 Å². The molecule has 0 aliphatic heterocycles. The first-order valence-electron chi connectivity index (χ1n) is 12.5. The molecule has 4 aliphatic rings. The second kappa shape index (κ2) is 7.68. The Labute approximate surface area is 192 Å². The Hall–Kier alpha value is -1.17. The van der Waals surface area contributed by atoms with Gasteiger partial charge in [0.1, 0.15) is 0 Å². The van der Waals surface area contributed by atoms with E-state index in [4.69, 9.17) is 0 Å². The maximum Gasteiger partial charge on any atom is 0.159 e. The van der Waals surface area contributed by atoms with Gasteiger partial charge in [0.25, 0.3) is 0 Å². The highest BCUT2D eigenvalue weighted by Gasteiger charge is 2.66. The Morgan fingerprint density at radius 3 is 2.53 bits per heavy atom. The van der Waals surface area contributed by atoms with Crippen molar-refractivity contribution in [1.82, 2.24) is 0 Å². The van der Waals surface area contributed by atoms with Gasteiger partial charge < -0.3 is 20.4 Å². The molecule has 0 amide bonds. The molecule has 5 nitrogen and oxygen atoms in total. The summed E-state index contributed by atoms with van der Waals surface area (Å²) in [6, 6.07) is 0. The summed E-state index contributed by atoms with van der Waals surface area (Å²) >= 11 is 0. The first-order valence-corrected chi connectivity index (χ1v) is 12.5. The van der Waals surface area contributed by atoms with E-state index in [1.807, 2.05) is 0 Å². The minimum Gasteiger partial charge on any atom is -0.513 e. The SMILES string of the molecule is CC([C@H](O)CCC(C)(C)O)[C@H]1CC[C@@]2(O)C3=CC(=O)[C@@H]4CC=C(O)C[C@]4(C)C3CC[C@]12C. The standard InChI is InChI=1S/C27H42O5/c1-16(22(29)10-11-24(2,3)31)18-9-13-27(32)21-14-23(30)20-7-6-17(28)15-25(20,4)19(21)8-12-26(18,27)5/h6,14,16,18-20,22,28-29,31-32H,7-13,15H2,1-5H3/t16?,18-,19?,20+,22-,25-,26-,27-/m1/s1. The minimum atomic E-state index is -1.05. The number of aliphatic hydroxyl groups is 4. The van der Waals surface area contributed by atoms with E-state index in [9.17, 15) is 25.2 Å². The molecule has 2 saturated carbocycles. The van der Waals surface area contributed by atoms with Gasteiger partial charge in [-0.2, -0.15) is 0 Å². The largest absolute Gasteiger partial charge is 0.513 e. The summed E-state index contributed by atoms with van der Waals surface area (Å²) in [5, 5.41) is 43.5. The Balaban J connectivity index is 1.62. The molecule has 4 N–H and O–H groups in total. The highest BCUT2D eigenvalue weighted by atomic mass is 16.3. The third kappa shape index (κ3) is 3.50. The van der Waals surface area contributed by atoms with E-state index in [1.165, 1.54) is 0 Å². The summed E-state index contributed by atoms with van der Waals surface area (Å²) in [6.45, 7) is 9.88. The van der Waals surface area contributed by atoms with Crippen molar-refractivity contribution in [2.75, 3.05) is 0 Å². The van der Waals surface area contributed by atoms with Gasteiger partial charge in [0.2, 0.25) is 0 Å². The van der Waals surface area contributed by atoms with E-state index in [1.54, 1.807) is 26.0 Å². The summed E-state index contributed by atoms with van der Waals surface area (Å²) < 4.78 is 0. The normalized spacial score (nSPS) is 43.5. The topological polar surface area (TPSA) is 98.0 Å². The average Bonchev–Trinajstić information content (AvgIpc) is 2.96. The molecule has 0 aromatic rings. The number of rotatable bonds is 5. The van der Waals surface area contributed by atoms with Crippen LogP contribution in [0, 0.1) is 34.5 Å². The number of aliphatic hydroxyl groups excluding tert-OH is 2. The van der Waals surface area contributed by atoms with Gasteiger partial charge in [-0.3, -0.25) is 4.79 Å². The molecule has 4 aliphatic carbocycles. The second-order valence-electron chi connectivity index (χ2n) is 12.5. The van der Waals surface area contributed by atoms with Crippen LogP contribution in [0.2, 0.25) is 0 Å². The molecule has 8 atom stereocenters. The maximum atomic E-state index is 13.2. The molecule has 0 heterocycles. The predicted molar refractivity (Wildman–Crippen MR) is 124 cm³/mol. The van der Waals surface area contributed by atoms with Crippen molar-refractivity contribution in [3.05, 3.63) is 23.5 Å². The lowest BCUT2D eigenvalue weighted by Crippen LogP contribution is -2.59. The maximum absolute atomic E-state index is 13.2. The van der Waals surface area contributed by atoms with Crippen LogP contribution in [-0.2, 0) is 4.79 Å². The van der Waals surface area contributed by atoms with Crippen LogP contribution in [0.15, 0.2) is 23.5 Å². The van der Waals surface area contributed by atoms with E-state index in [0.29, 0.717) is 37.9 Å². The van der Waals surface area contributed by atoms with E-state index in [-0.39, 0.29) is 34.9 Å². The third-order valence-corrected chi connectivity index (χ3v) is 10.1. The number of hydrogen-bond donors (Lipinski definition) is 4. The fourth-order valence-electron chi connectivity index (χ4n) is 7.98. The molecule has 32 heavy (non-hydrogen) atoms. The quantitative estimate of drug-likeness (QED) is 0.500. The summed E-state index contributed by atoms with van der Waals surface area (Å²) in [7, 11) is 0. The zero-order chi connectivity index (χ0) is 23.7. The first kappa shape index (κ1) is 24.0. The molecule has 2 fully saturated rings. The molecule has 0 aromatic heterocycles. The molecule has 180 valence electrons. The van der Waals surface area contributed by atoms with Crippen LogP contribution in [-0.4, -0.2) is 43.5 Å². The van der Waals surface area contributed by atoms with Crippen molar-refractivity contribution < 1.29 is 25.2 Å². The van der Waals surface area contributed by atoms with Crippen molar-refractivity contribution in [3.8, 4) is 0 Å². The number of fused-ring (bicyclic) bond motifs is 5. The van der Waals surface area contributed by atoms with Gasteiger partial charge in [-0.15, -0.1) is 0 Å². The zero-order valence-electron chi connectivity index (χ0n) is 20.4. The Bertz CT molecular complexity index is 837. The summed E-state index contributed by atoms with van der Waals surface area (Å²) in [5.41, 5.74) is -1.73. The van der Waals surface area contributed by atoms with Crippen LogP contribution in [0.5, 0.6) is 0 Å². The molecule has 2 unspecified atom stereocenters. The van der Waals surface area contributed by atoms with E-state index in [2.05, 4.69) is 20.8 Å². The lowest BCUT2D eigenvalue weighted by Gasteiger charge is -2.59. The van der Waals surface area contributed by atoms with Gasteiger partial charge in [-0.1, -0.05) is 20.8 Å². The van der Waals surface area contributed by atoms with Crippen molar-refractivity contribution >= 4 is 5.78 Å². The van der Waals surface area contributed by atoms with Crippen molar-refractivity contribution in [1.29, 1.82) is 0 Å². The fraction of sp³-hybridized carbons (Fsp3) is 0.815. The van der Waals surface area contributed by atoms with Crippen LogP contribution in [0.25, 0.3) is 0 Å². The summed E-state index contributed by atoms with van der Waals surface area (Å²) in [4.78, 5) is 13.2. The molecule has 5 heteroatoms. The average molecular weight is 447 g/mol. The molecule has 4 rings (SSSR count). The monoisotopic (exact) mass is 446 g/mol. The molecular weight excluding hydrogens is 404 g/mol. The second-order valence-corrected chi connectivity index (χ2v) is 12.5. The Kier molecular flexibility index (Phi) is 5.75. The number of carbonyl (C=O) groups is 1. The Morgan fingerprint density at radius 2 is 1.88 bits per heavy atom. The summed E-state index contributed by atoms with van der Waals surface area (Å²) in [5.74, 6) is 0.560. The molecular formula is C27H42O5. The number of ketones is 1. The van der Waals surface area contributed by atoms with Gasteiger partial charge in [0, 0.05) is 17.8 Å². The van der Waals surface area contributed by atoms with E-state index < -0.39 is 22.7 Å². The lowest BCUT2D eigenvalue weighted by atomic mass is 9.46. The van der Waals surface area contributed by atoms with Crippen LogP contribution >= 0.6 is 0 Å². The lowest BCUT2D eigenvalue weighted by molar-refractivity contribution is -0.135. The van der Waals surface area contributed by atoms with Crippen LogP contribution < -0.4 is 0 Å². The minimum absolute atomic E-state index is 0.00203. The van der Waals surface area contributed by atoms with Crippen LogP contribution in [0.3, 0.4) is 0 Å². The highest BCUT2D eigenvalue weighted by Crippen LogP contribution is 2.68. The smallest absolute Gasteiger partial charge is 0.159 e. The van der Waals surface area contributed by atoms with E-state index in [0.717, 1.165) is 24.8 Å². The summed E-state index contributed by atoms with van der Waals surface area (Å²) in [6.07, 6.45) is 8.29. The number of carbonyl (C=O) groups excluding carboxylic acids is 1. The van der Waals surface area contributed by atoms with Crippen LogP contribution in [0.1, 0.15) is 86.0 Å². The van der Waals surface area contributed by atoms with Crippen molar-refractivity contribution in [2.24, 2.45) is 34.5 Å².